The van der Waals surface area contributed by atoms with Crippen molar-refractivity contribution in [3.63, 3.8) is 0 Å². The van der Waals surface area contributed by atoms with Gasteiger partial charge in [-0.2, -0.15) is 0 Å². The van der Waals surface area contributed by atoms with Gasteiger partial charge in [-0.1, -0.05) is 29.4 Å². The van der Waals surface area contributed by atoms with Gasteiger partial charge in [0.1, 0.15) is 7.11 Å². The van der Waals surface area contributed by atoms with Crippen LogP contribution < -0.4 is 5.48 Å². The van der Waals surface area contributed by atoms with Gasteiger partial charge in [-0.05, 0) is 5.56 Å². The third-order valence-electron chi connectivity index (χ3n) is 2.48. The molecule has 0 atom stereocenters. The molecule has 2 N–H and O–H groups in total. The van der Waals surface area contributed by atoms with Crippen molar-refractivity contribution in [1.82, 2.24) is 5.48 Å². The Kier molecular flexibility index (Phi) is 4.27. The molecular formula is C12H15N3O3. The second-order valence-corrected chi connectivity index (χ2v) is 3.62. The molecule has 0 saturated heterocycles. The molecule has 0 spiro atoms. The van der Waals surface area contributed by atoms with Crippen molar-refractivity contribution >= 4 is 11.5 Å². The number of nitrogens with one attached hydrogen (secondary N) is 1. The van der Waals surface area contributed by atoms with Gasteiger partial charge in [0, 0.05) is 5.56 Å². The predicted molar refractivity (Wildman–Crippen MR) is 67.3 cm³/mol. The van der Waals surface area contributed by atoms with Gasteiger partial charge in [0.05, 0.1) is 19.8 Å². The Morgan fingerprint density at radius 1 is 1.56 bits per heavy atom. The molecule has 1 aromatic carbocycles. The molecule has 1 heterocycles. The first-order valence-electron chi connectivity index (χ1n) is 5.59. The molecule has 1 aliphatic rings. The van der Waals surface area contributed by atoms with Crippen LogP contribution in [0.5, 0.6) is 0 Å². The number of aliphatic hydroxyl groups is 1. The Hall–Kier alpha value is -1.92. The second kappa shape index (κ2) is 6.13. The molecule has 0 aliphatic carbocycles. The lowest BCUT2D eigenvalue weighted by Crippen LogP contribution is -2.37. The molecule has 0 saturated carbocycles. The van der Waals surface area contributed by atoms with Gasteiger partial charge in [0.25, 0.3) is 0 Å². The molecule has 18 heavy (non-hydrogen) atoms. The van der Waals surface area contributed by atoms with Crippen molar-refractivity contribution in [3.05, 3.63) is 35.4 Å². The number of rotatable bonds is 4. The Bertz CT molecular complexity index is 471. The molecule has 0 amide bonds. The van der Waals surface area contributed by atoms with Crippen LogP contribution in [-0.4, -0.2) is 36.9 Å². The van der Waals surface area contributed by atoms with Gasteiger partial charge in [-0.25, -0.2) is 5.48 Å². The van der Waals surface area contributed by atoms with Crippen molar-refractivity contribution in [2.75, 3.05) is 20.3 Å². The number of nitrogens with zero attached hydrogens (tertiary/aromatic N) is 2. The first-order chi connectivity index (χ1) is 8.86. The zero-order valence-corrected chi connectivity index (χ0v) is 10.1. The molecule has 2 rings (SSSR count). The van der Waals surface area contributed by atoms with Crippen LogP contribution in [0.2, 0.25) is 0 Å². The topological polar surface area (TPSA) is 75.4 Å². The highest BCUT2D eigenvalue weighted by molar-refractivity contribution is 6.47. The zero-order chi connectivity index (χ0) is 12.8. The fraction of sp³-hybridized carbons (Fsp3) is 0.333. The van der Waals surface area contributed by atoms with E-state index in [0.717, 1.165) is 11.1 Å². The minimum atomic E-state index is -0.0763. The van der Waals surface area contributed by atoms with Crippen LogP contribution in [0, 0.1) is 0 Å². The van der Waals surface area contributed by atoms with Gasteiger partial charge < -0.3 is 9.94 Å². The molecule has 0 aromatic heterocycles. The molecule has 0 fully saturated rings. The molecule has 6 nitrogen and oxygen atoms in total. The number of oxime groups is 1. The van der Waals surface area contributed by atoms with E-state index in [-0.39, 0.29) is 6.61 Å². The molecular weight excluding hydrogens is 234 g/mol. The SMILES string of the molecule is CO/N=C(/C1=NCCON1)c1ccccc1CO. The average molecular weight is 249 g/mol. The monoisotopic (exact) mass is 249 g/mol. The summed E-state index contributed by atoms with van der Waals surface area (Å²) in [5.74, 6) is 0.504. The van der Waals surface area contributed by atoms with Gasteiger partial charge >= 0.3 is 0 Å². The fourth-order valence-electron chi connectivity index (χ4n) is 1.68. The van der Waals surface area contributed by atoms with Crippen molar-refractivity contribution in [1.29, 1.82) is 0 Å². The van der Waals surface area contributed by atoms with Crippen LogP contribution in [0.1, 0.15) is 11.1 Å². The summed E-state index contributed by atoms with van der Waals surface area (Å²) in [5, 5.41) is 13.3. The minimum absolute atomic E-state index is 0.0763. The molecule has 0 unspecified atom stereocenters. The van der Waals surface area contributed by atoms with Crippen LogP contribution in [0.3, 0.4) is 0 Å². The third kappa shape index (κ3) is 2.66. The molecule has 6 heteroatoms. The second-order valence-electron chi connectivity index (χ2n) is 3.62. The summed E-state index contributed by atoms with van der Waals surface area (Å²) in [7, 11) is 1.46. The van der Waals surface area contributed by atoms with Crippen molar-refractivity contribution < 1.29 is 14.8 Å². The lowest BCUT2D eigenvalue weighted by atomic mass is 10.0. The smallest absolute Gasteiger partial charge is 0.175 e. The minimum Gasteiger partial charge on any atom is -0.399 e. The van der Waals surface area contributed by atoms with Crippen molar-refractivity contribution in [2.45, 2.75) is 6.61 Å². The number of amidine groups is 1. The summed E-state index contributed by atoms with van der Waals surface area (Å²) in [6.07, 6.45) is 0. The predicted octanol–water partition coefficient (Wildman–Crippen LogP) is 0.463. The summed E-state index contributed by atoms with van der Waals surface area (Å²) in [6.45, 7) is 1.00. The quantitative estimate of drug-likeness (QED) is 0.600. The van der Waals surface area contributed by atoms with Gasteiger partial charge in [-0.3, -0.25) is 9.83 Å². The van der Waals surface area contributed by atoms with E-state index < -0.39 is 0 Å². The maximum atomic E-state index is 9.35. The number of hydrogen-bond donors (Lipinski definition) is 2. The summed E-state index contributed by atoms with van der Waals surface area (Å²) < 4.78 is 0. The maximum absolute atomic E-state index is 9.35. The maximum Gasteiger partial charge on any atom is 0.175 e. The van der Waals surface area contributed by atoms with Crippen molar-refractivity contribution in [3.8, 4) is 0 Å². The highest BCUT2D eigenvalue weighted by Crippen LogP contribution is 2.12. The van der Waals surface area contributed by atoms with E-state index in [1.54, 1.807) is 0 Å². The third-order valence-corrected chi connectivity index (χ3v) is 2.48. The molecule has 1 aliphatic heterocycles. The van der Waals surface area contributed by atoms with E-state index in [0.29, 0.717) is 24.7 Å². The van der Waals surface area contributed by atoms with Crippen LogP contribution in [0.4, 0.5) is 0 Å². The van der Waals surface area contributed by atoms with E-state index in [4.69, 9.17) is 9.68 Å². The number of benzene rings is 1. The first-order valence-corrected chi connectivity index (χ1v) is 5.59. The van der Waals surface area contributed by atoms with Gasteiger partial charge in [0.2, 0.25) is 0 Å². The number of hydroxylamine groups is 1. The Balaban J connectivity index is 2.41. The Labute approximate surface area is 105 Å². The van der Waals surface area contributed by atoms with Crippen molar-refractivity contribution in [2.24, 2.45) is 10.1 Å². The normalized spacial score (nSPS) is 15.9. The summed E-state index contributed by atoms with van der Waals surface area (Å²) in [5.41, 5.74) is 4.74. The van der Waals surface area contributed by atoms with Crippen LogP contribution >= 0.6 is 0 Å². The molecule has 0 radical (unpaired) electrons. The standard InChI is InChI=1S/C12H15N3O3/c1-17-14-11(12-13-6-7-18-15-12)10-5-3-2-4-9(10)8-16/h2-5,16H,6-8H2,1H3,(H,13,15)/b14-11+. The fourth-order valence-corrected chi connectivity index (χ4v) is 1.68. The number of aliphatic imine (C=N–C) groups is 1. The molecule has 1 aromatic rings. The van der Waals surface area contributed by atoms with E-state index in [1.165, 1.54) is 7.11 Å². The van der Waals surface area contributed by atoms with Gasteiger partial charge in [0.15, 0.2) is 11.5 Å². The lowest BCUT2D eigenvalue weighted by Gasteiger charge is -2.17. The van der Waals surface area contributed by atoms with Crippen LogP contribution in [0.15, 0.2) is 34.4 Å². The first kappa shape index (κ1) is 12.5. The van der Waals surface area contributed by atoms with Gasteiger partial charge in [-0.15, -0.1) is 0 Å². The lowest BCUT2D eigenvalue weighted by molar-refractivity contribution is 0.0836. The summed E-state index contributed by atoms with van der Waals surface area (Å²) in [6, 6.07) is 7.39. The zero-order valence-electron chi connectivity index (χ0n) is 10.1. The highest BCUT2D eigenvalue weighted by atomic mass is 16.6. The summed E-state index contributed by atoms with van der Waals surface area (Å²) in [4.78, 5) is 14.3. The number of hydrogen-bond acceptors (Lipinski definition) is 6. The van der Waals surface area contributed by atoms with Crippen LogP contribution in [0.25, 0.3) is 0 Å². The molecule has 96 valence electrons. The van der Waals surface area contributed by atoms with Crippen LogP contribution in [-0.2, 0) is 16.3 Å². The summed E-state index contributed by atoms with van der Waals surface area (Å²) >= 11 is 0. The van der Waals surface area contributed by atoms with E-state index in [2.05, 4.69) is 15.6 Å². The highest BCUT2D eigenvalue weighted by Gasteiger charge is 2.18. The van der Waals surface area contributed by atoms with E-state index in [1.807, 2.05) is 24.3 Å². The Morgan fingerprint density at radius 3 is 3.06 bits per heavy atom. The van der Waals surface area contributed by atoms with E-state index >= 15 is 0 Å². The number of aliphatic hydroxyl groups excluding tert-OH is 1. The largest absolute Gasteiger partial charge is 0.399 e. The Morgan fingerprint density at radius 2 is 2.39 bits per heavy atom. The average Bonchev–Trinajstić information content (AvgIpc) is 2.46. The van der Waals surface area contributed by atoms with E-state index in [9.17, 15) is 5.11 Å². The molecule has 0 bridgehead atoms.